The van der Waals surface area contributed by atoms with Crippen molar-refractivity contribution < 1.29 is 23.7 Å². The van der Waals surface area contributed by atoms with E-state index in [0.717, 1.165) is 10.9 Å². The van der Waals surface area contributed by atoms with Crippen molar-refractivity contribution in [2.75, 3.05) is 34.4 Å². The zero-order valence-electron chi connectivity index (χ0n) is 15.2. The molecule has 0 bridgehead atoms. The Morgan fingerprint density at radius 3 is 2.28 bits per heavy atom. The van der Waals surface area contributed by atoms with E-state index in [0.29, 0.717) is 36.0 Å². The quantitative estimate of drug-likeness (QED) is 0.919. The lowest BCUT2D eigenvalue weighted by molar-refractivity contribution is -0.0587. The Kier molecular flexibility index (Phi) is 4.76. The number of aromatic nitrogens is 1. The summed E-state index contributed by atoms with van der Waals surface area (Å²) >= 11 is 0. The fourth-order valence-electron chi connectivity index (χ4n) is 3.38. The van der Waals surface area contributed by atoms with Gasteiger partial charge < -0.3 is 28.8 Å². The molecule has 3 rings (SSSR count). The summed E-state index contributed by atoms with van der Waals surface area (Å²) in [6.07, 6.45) is 0.0404. The number of ether oxygens (including phenoxy) is 4. The monoisotopic (exact) mass is 348 g/mol. The third kappa shape index (κ3) is 3.11. The molecule has 2 aromatic rings. The molecule has 1 N–H and O–H groups in total. The fraction of sp³-hybridized carbons (Fsp3) is 0.500. The van der Waals surface area contributed by atoms with Gasteiger partial charge >= 0.3 is 0 Å². The molecule has 7 heteroatoms. The van der Waals surface area contributed by atoms with Crippen molar-refractivity contribution in [3.63, 3.8) is 0 Å². The summed E-state index contributed by atoms with van der Waals surface area (Å²) in [5.74, 6) is 1.53. The maximum absolute atomic E-state index is 12.9. The second kappa shape index (κ2) is 6.84. The third-order valence-corrected chi connectivity index (χ3v) is 4.36. The van der Waals surface area contributed by atoms with Crippen molar-refractivity contribution in [3.8, 4) is 17.2 Å². The van der Waals surface area contributed by atoms with Crippen LogP contribution in [0.1, 0.15) is 24.3 Å². The minimum absolute atomic E-state index is 0.0202. The summed E-state index contributed by atoms with van der Waals surface area (Å²) in [7, 11) is 4.69. The topological polar surface area (TPSA) is 73.0 Å². The average molecular weight is 348 g/mol. The predicted molar refractivity (Wildman–Crippen MR) is 93.9 cm³/mol. The highest BCUT2D eigenvalue weighted by atomic mass is 16.5. The van der Waals surface area contributed by atoms with Crippen LogP contribution >= 0.6 is 0 Å². The molecule has 1 amide bonds. The first-order chi connectivity index (χ1) is 12.0. The minimum atomic E-state index is -0.0572. The Morgan fingerprint density at radius 2 is 1.72 bits per heavy atom. The first-order valence-electron chi connectivity index (χ1n) is 8.24. The second-order valence-corrected chi connectivity index (χ2v) is 6.26. The van der Waals surface area contributed by atoms with E-state index < -0.39 is 0 Å². The van der Waals surface area contributed by atoms with Gasteiger partial charge in [0.1, 0.15) is 5.69 Å². The summed E-state index contributed by atoms with van der Waals surface area (Å²) in [4.78, 5) is 17.9. The normalized spacial score (nSPS) is 20.6. The molecule has 25 heavy (non-hydrogen) atoms. The average Bonchev–Trinajstić information content (AvgIpc) is 3.01. The van der Waals surface area contributed by atoms with Gasteiger partial charge in [-0.05, 0) is 19.9 Å². The predicted octanol–water partition coefficient (Wildman–Crippen LogP) is 2.44. The Morgan fingerprint density at radius 1 is 1.08 bits per heavy atom. The van der Waals surface area contributed by atoms with Crippen LogP contribution in [0.5, 0.6) is 17.2 Å². The number of carbonyl (C=O) groups is 1. The molecular weight excluding hydrogens is 324 g/mol. The maximum Gasteiger partial charge on any atom is 0.270 e. The van der Waals surface area contributed by atoms with Gasteiger partial charge in [-0.15, -0.1) is 0 Å². The van der Waals surface area contributed by atoms with Crippen LogP contribution in [0, 0.1) is 0 Å². The number of carbonyl (C=O) groups excluding carboxylic acids is 1. The lowest BCUT2D eigenvalue weighted by atomic mass is 10.2. The van der Waals surface area contributed by atoms with E-state index in [2.05, 4.69) is 4.98 Å². The molecule has 1 aliphatic rings. The number of hydrogen-bond acceptors (Lipinski definition) is 5. The Balaban J connectivity index is 2.02. The van der Waals surface area contributed by atoms with Crippen LogP contribution < -0.4 is 14.2 Å². The van der Waals surface area contributed by atoms with E-state index in [1.165, 1.54) is 0 Å². The van der Waals surface area contributed by atoms with E-state index in [-0.39, 0.29) is 18.1 Å². The van der Waals surface area contributed by atoms with Crippen LogP contribution in [-0.4, -0.2) is 62.4 Å². The van der Waals surface area contributed by atoms with Crippen molar-refractivity contribution in [3.05, 3.63) is 17.8 Å². The molecule has 0 aliphatic carbocycles. The number of methoxy groups -OCH3 is 3. The summed E-state index contributed by atoms with van der Waals surface area (Å²) in [5.41, 5.74) is 1.26. The molecule has 136 valence electrons. The van der Waals surface area contributed by atoms with Gasteiger partial charge in [-0.1, -0.05) is 0 Å². The van der Waals surface area contributed by atoms with E-state index in [1.807, 2.05) is 18.7 Å². The zero-order valence-corrected chi connectivity index (χ0v) is 15.2. The number of hydrogen-bond donors (Lipinski definition) is 1. The Hall–Kier alpha value is -2.41. The number of fused-ring (bicyclic) bond motifs is 1. The van der Waals surface area contributed by atoms with Crippen molar-refractivity contribution in [1.29, 1.82) is 0 Å². The van der Waals surface area contributed by atoms with Gasteiger partial charge in [-0.25, -0.2) is 0 Å². The van der Waals surface area contributed by atoms with Crippen LogP contribution in [0.25, 0.3) is 10.9 Å². The molecule has 2 heterocycles. The van der Waals surface area contributed by atoms with Gasteiger partial charge in [0.15, 0.2) is 11.5 Å². The van der Waals surface area contributed by atoms with Crippen molar-refractivity contribution in [2.45, 2.75) is 26.1 Å². The number of amides is 1. The number of aromatic amines is 1. The molecule has 0 saturated carbocycles. The maximum atomic E-state index is 12.9. The molecule has 2 atom stereocenters. The number of H-pyrrole nitrogens is 1. The van der Waals surface area contributed by atoms with Crippen LogP contribution in [0.3, 0.4) is 0 Å². The number of rotatable bonds is 4. The van der Waals surface area contributed by atoms with Crippen LogP contribution in [0.15, 0.2) is 12.1 Å². The van der Waals surface area contributed by atoms with Crippen LogP contribution in [0.2, 0.25) is 0 Å². The standard InChI is InChI=1S/C18H24N2O5/c1-10-8-20(9-11(2)25-10)18(21)14-6-12-13(19-14)7-15(22-3)17(24-5)16(12)23-4/h6-7,10-11,19H,8-9H2,1-5H3/t10-,11-/m0/s1. The second-order valence-electron chi connectivity index (χ2n) is 6.26. The highest BCUT2D eigenvalue weighted by Crippen LogP contribution is 2.43. The lowest BCUT2D eigenvalue weighted by Crippen LogP contribution is -2.48. The smallest absolute Gasteiger partial charge is 0.270 e. The molecule has 1 aliphatic heterocycles. The summed E-state index contributed by atoms with van der Waals surface area (Å²) in [6, 6.07) is 3.60. The van der Waals surface area contributed by atoms with Gasteiger partial charge in [0.25, 0.3) is 5.91 Å². The molecule has 0 unspecified atom stereocenters. The number of morpholine rings is 1. The van der Waals surface area contributed by atoms with Gasteiger partial charge in [0.2, 0.25) is 5.75 Å². The van der Waals surface area contributed by atoms with E-state index >= 15 is 0 Å². The first-order valence-corrected chi connectivity index (χ1v) is 8.24. The molecule has 1 saturated heterocycles. The minimum Gasteiger partial charge on any atom is -0.493 e. The SMILES string of the molecule is COc1cc2[nH]c(C(=O)N3C[C@H](C)O[C@@H](C)C3)cc2c(OC)c1OC. The highest BCUT2D eigenvalue weighted by molar-refractivity contribution is 6.01. The van der Waals surface area contributed by atoms with Crippen LogP contribution in [0.4, 0.5) is 0 Å². The Labute approximate surface area is 146 Å². The zero-order chi connectivity index (χ0) is 18.1. The molecule has 1 fully saturated rings. The first kappa shape index (κ1) is 17.4. The van der Waals surface area contributed by atoms with Crippen LogP contribution in [-0.2, 0) is 4.74 Å². The van der Waals surface area contributed by atoms with Gasteiger partial charge in [-0.3, -0.25) is 4.79 Å². The fourth-order valence-corrected chi connectivity index (χ4v) is 3.38. The summed E-state index contributed by atoms with van der Waals surface area (Å²) in [6.45, 7) is 5.09. The number of nitrogens with one attached hydrogen (secondary N) is 1. The molecule has 1 aromatic heterocycles. The van der Waals surface area contributed by atoms with Gasteiger partial charge in [-0.2, -0.15) is 0 Å². The van der Waals surface area contributed by atoms with Crippen molar-refractivity contribution >= 4 is 16.8 Å². The van der Waals surface area contributed by atoms with E-state index in [1.54, 1.807) is 33.5 Å². The van der Waals surface area contributed by atoms with Gasteiger partial charge in [0, 0.05) is 24.5 Å². The summed E-state index contributed by atoms with van der Waals surface area (Å²) in [5, 5.41) is 0.776. The van der Waals surface area contributed by atoms with Crippen molar-refractivity contribution in [1.82, 2.24) is 9.88 Å². The Bertz CT molecular complexity index is 775. The van der Waals surface area contributed by atoms with Gasteiger partial charge in [0.05, 0.1) is 39.1 Å². The van der Waals surface area contributed by atoms with E-state index in [9.17, 15) is 4.79 Å². The van der Waals surface area contributed by atoms with E-state index in [4.69, 9.17) is 18.9 Å². The summed E-state index contributed by atoms with van der Waals surface area (Å²) < 4.78 is 22.0. The molecular formula is C18H24N2O5. The number of nitrogens with zero attached hydrogens (tertiary/aromatic N) is 1. The molecule has 0 radical (unpaired) electrons. The lowest BCUT2D eigenvalue weighted by Gasteiger charge is -2.35. The molecule has 0 spiro atoms. The molecule has 7 nitrogen and oxygen atoms in total. The molecule has 1 aromatic carbocycles. The van der Waals surface area contributed by atoms with Crippen molar-refractivity contribution in [2.24, 2.45) is 0 Å². The largest absolute Gasteiger partial charge is 0.493 e. The number of benzene rings is 1. The highest BCUT2D eigenvalue weighted by Gasteiger charge is 2.28. The third-order valence-electron chi connectivity index (χ3n) is 4.36.